The van der Waals surface area contributed by atoms with E-state index in [0.717, 1.165) is 17.7 Å². The van der Waals surface area contributed by atoms with Crippen LogP contribution in [0.3, 0.4) is 0 Å². The number of benzene rings is 1. The highest BCUT2D eigenvalue weighted by Gasteiger charge is 2.68. The van der Waals surface area contributed by atoms with E-state index in [-0.39, 0.29) is 54.1 Å². The Bertz CT molecular complexity index is 858. The number of oxime groups is 1. The minimum absolute atomic E-state index is 0.0188. The van der Waals surface area contributed by atoms with Gasteiger partial charge in [-0.25, -0.2) is 0 Å². The van der Waals surface area contributed by atoms with E-state index in [2.05, 4.69) is 10.5 Å². The van der Waals surface area contributed by atoms with E-state index in [9.17, 15) is 9.59 Å². The molecule has 126 valence electrons. The van der Waals surface area contributed by atoms with Gasteiger partial charge in [0.05, 0.1) is 17.5 Å². The topological polar surface area (TPSA) is 101 Å². The van der Waals surface area contributed by atoms with Gasteiger partial charge in [0.1, 0.15) is 17.9 Å². The fraction of sp³-hybridized carbons (Fsp3) is 0.444. The molecule has 2 bridgehead atoms. The number of hydrogen-bond donors (Lipinski definition) is 1. The Labute approximate surface area is 143 Å². The highest BCUT2D eigenvalue weighted by molar-refractivity contribution is 6.09. The van der Waals surface area contributed by atoms with Crippen LogP contribution in [0, 0.1) is 40.9 Å². The molecule has 1 N–H and O–H groups in total. The van der Waals surface area contributed by atoms with Crippen LogP contribution < -0.4 is 10.1 Å². The average molecular weight is 337 g/mol. The highest BCUT2D eigenvalue weighted by Crippen LogP contribution is 2.60. The molecule has 2 aliphatic carbocycles. The number of rotatable bonds is 3. The molecule has 0 aromatic heterocycles. The zero-order valence-corrected chi connectivity index (χ0v) is 13.2. The Morgan fingerprint density at radius 3 is 2.76 bits per heavy atom. The molecule has 0 unspecified atom stereocenters. The number of nitrogens with zero attached hydrogens (tertiary/aromatic N) is 2. The number of imide groups is 1. The highest BCUT2D eigenvalue weighted by atomic mass is 16.6. The molecule has 1 aromatic carbocycles. The van der Waals surface area contributed by atoms with Gasteiger partial charge in [-0.15, -0.1) is 0 Å². The number of nitriles is 1. The van der Waals surface area contributed by atoms with E-state index < -0.39 is 0 Å². The summed E-state index contributed by atoms with van der Waals surface area (Å²) in [4.78, 5) is 30.0. The van der Waals surface area contributed by atoms with Gasteiger partial charge in [0.2, 0.25) is 11.8 Å². The second-order valence-electron chi connectivity index (χ2n) is 6.98. The predicted octanol–water partition coefficient (Wildman–Crippen LogP) is 0.847. The number of hydrogen-bond acceptors (Lipinski definition) is 6. The SMILES string of the molecule is N#CCOc1ccccc1C1=NO[C@H]2[C@H]3C[C@@H]([C@@H]12)[C@@H]1C(=O)NC(=O)[C@H]31. The zero-order chi connectivity index (χ0) is 17.1. The van der Waals surface area contributed by atoms with E-state index >= 15 is 0 Å². The third-order valence-corrected chi connectivity index (χ3v) is 5.99. The molecule has 7 nitrogen and oxygen atoms in total. The van der Waals surface area contributed by atoms with Crippen molar-refractivity contribution in [3.05, 3.63) is 29.8 Å². The number of carbonyl (C=O) groups is 2. The first-order chi connectivity index (χ1) is 12.2. The molecule has 1 aromatic rings. The van der Waals surface area contributed by atoms with Crippen molar-refractivity contribution in [3.8, 4) is 11.8 Å². The Hall–Kier alpha value is -2.88. The van der Waals surface area contributed by atoms with Crippen molar-refractivity contribution in [2.75, 3.05) is 6.61 Å². The van der Waals surface area contributed by atoms with Crippen LogP contribution >= 0.6 is 0 Å². The molecular formula is C18H15N3O4. The van der Waals surface area contributed by atoms with Crippen molar-refractivity contribution in [1.82, 2.24) is 5.32 Å². The van der Waals surface area contributed by atoms with E-state index in [1.165, 1.54) is 0 Å². The van der Waals surface area contributed by atoms with Crippen molar-refractivity contribution in [2.45, 2.75) is 12.5 Å². The number of nitrogens with one attached hydrogen (secondary N) is 1. The van der Waals surface area contributed by atoms with Gasteiger partial charge < -0.3 is 9.57 Å². The summed E-state index contributed by atoms with van der Waals surface area (Å²) in [5.41, 5.74) is 1.55. The van der Waals surface area contributed by atoms with Crippen molar-refractivity contribution in [2.24, 2.45) is 34.7 Å². The molecule has 6 atom stereocenters. The quantitative estimate of drug-likeness (QED) is 0.824. The summed E-state index contributed by atoms with van der Waals surface area (Å²) in [7, 11) is 0. The minimum atomic E-state index is -0.280. The number of amides is 2. The summed E-state index contributed by atoms with van der Waals surface area (Å²) >= 11 is 0. The molecule has 25 heavy (non-hydrogen) atoms. The van der Waals surface area contributed by atoms with Gasteiger partial charge in [0.15, 0.2) is 6.61 Å². The minimum Gasteiger partial charge on any atom is -0.478 e. The van der Waals surface area contributed by atoms with Gasteiger partial charge in [0, 0.05) is 17.4 Å². The van der Waals surface area contributed by atoms with Gasteiger partial charge >= 0.3 is 0 Å². The van der Waals surface area contributed by atoms with Crippen molar-refractivity contribution >= 4 is 17.5 Å². The van der Waals surface area contributed by atoms with Crippen molar-refractivity contribution in [3.63, 3.8) is 0 Å². The molecule has 2 aliphatic heterocycles. The maximum absolute atomic E-state index is 12.2. The third-order valence-electron chi connectivity index (χ3n) is 5.99. The lowest BCUT2D eigenvalue weighted by Gasteiger charge is -2.30. The number of fused-ring (bicyclic) bond motifs is 8. The molecule has 4 aliphatic rings. The maximum Gasteiger partial charge on any atom is 0.230 e. The summed E-state index contributed by atoms with van der Waals surface area (Å²) in [5, 5.41) is 15.5. The summed E-state index contributed by atoms with van der Waals surface area (Å²) < 4.78 is 5.52. The Morgan fingerprint density at radius 2 is 1.96 bits per heavy atom. The molecular weight excluding hydrogens is 322 g/mol. The van der Waals surface area contributed by atoms with Gasteiger partial charge in [0.25, 0.3) is 0 Å². The van der Waals surface area contributed by atoms with E-state index in [0.29, 0.717) is 5.75 Å². The van der Waals surface area contributed by atoms with Crippen LogP contribution in [0.15, 0.2) is 29.4 Å². The van der Waals surface area contributed by atoms with Crippen molar-refractivity contribution < 1.29 is 19.2 Å². The molecule has 7 heteroatoms. The largest absolute Gasteiger partial charge is 0.478 e. The van der Waals surface area contributed by atoms with Gasteiger partial charge in [-0.3, -0.25) is 14.9 Å². The van der Waals surface area contributed by atoms with Crippen LogP contribution in [0.4, 0.5) is 0 Å². The maximum atomic E-state index is 12.2. The normalized spacial score (nSPS) is 37.0. The second-order valence-corrected chi connectivity index (χ2v) is 6.98. The summed E-state index contributed by atoms with van der Waals surface area (Å²) in [6.45, 7) is -0.0487. The first-order valence-corrected chi connectivity index (χ1v) is 8.38. The fourth-order valence-electron chi connectivity index (χ4n) is 5.19. The number of ether oxygens (including phenoxy) is 1. The van der Waals surface area contributed by atoms with Crippen molar-refractivity contribution in [1.29, 1.82) is 5.26 Å². The molecule has 2 saturated carbocycles. The molecule has 0 spiro atoms. The fourth-order valence-corrected chi connectivity index (χ4v) is 5.19. The first kappa shape index (κ1) is 14.5. The third kappa shape index (κ3) is 1.82. The molecule has 5 rings (SSSR count). The van der Waals surface area contributed by atoms with Gasteiger partial charge in [-0.1, -0.05) is 17.3 Å². The molecule has 3 fully saturated rings. The van der Waals surface area contributed by atoms with Crippen LogP contribution in [-0.4, -0.2) is 30.2 Å². The lowest BCUT2D eigenvalue weighted by Crippen LogP contribution is -2.41. The predicted molar refractivity (Wildman–Crippen MR) is 84.2 cm³/mol. The van der Waals surface area contributed by atoms with E-state index in [4.69, 9.17) is 14.8 Å². The molecule has 2 heterocycles. The Kier molecular flexibility index (Phi) is 2.93. The smallest absolute Gasteiger partial charge is 0.230 e. The average Bonchev–Trinajstić information content (AvgIpc) is 3.34. The summed E-state index contributed by atoms with van der Waals surface area (Å²) in [5.74, 6) is -0.252. The van der Waals surface area contributed by atoms with Crippen LogP contribution in [0.25, 0.3) is 0 Å². The van der Waals surface area contributed by atoms with Crippen LogP contribution in [0.5, 0.6) is 5.75 Å². The zero-order valence-electron chi connectivity index (χ0n) is 13.2. The van der Waals surface area contributed by atoms with Crippen LogP contribution in [0.1, 0.15) is 12.0 Å². The Balaban J connectivity index is 1.51. The van der Waals surface area contributed by atoms with Gasteiger partial charge in [-0.2, -0.15) is 5.26 Å². The first-order valence-electron chi connectivity index (χ1n) is 8.38. The van der Waals surface area contributed by atoms with E-state index in [1.807, 2.05) is 24.3 Å². The second kappa shape index (κ2) is 5.06. The number of para-hydroxylation sites is 1. The molecule has 1 saturated heterocycles. The van der Waals surface area contributed by atoms with Crippen LogP contribution in [0.2, 0.25) is 0 Å². The Morgan fingerprint density at radius 1 is 1.20 bits per heavy atom. The summed E-state index contributed by atoms with van der Waals surface area (Å²) in [6.07, 6.45) is 0.645. The standard InChI is InChI=1S/C18H15N3O4/c19-5-6-24-11-4-2-1-3-8(11)15-14-9-7-10(16(14)25-21-15)13-12(9)17(22)20-18(13)23/h1-4,9-10,12-14,16H,6-7H2,(H,20,22,23)/t9-,10+,12+,13-,14+,16+/m1/s1. The monoisotopic (exact) mass is 337 g/mol. The lowest BCUT2D eigenvalue weighted by molar-refractivity contribution is -0.127. The summed E-state index contributed by atoms with van der Waals surface area (Å²) in [6, 6.07) is 9.37. The van der Waals surface area contributed by atoms with E-state index in [1.54, 1.807) is 6.07 Å². The van der Waals surface area contributed by atoms with Crippen LogP contribution in [-0.2, 0) is 14.4 Å². The molecule has 0 radical (unpaired) electrons. The molecule has 2 amide bonds. The number of carbonyl (C=O) groups excluding carboxylic acids is 2. The van der Waals surface area contributed by atoms with Gasteiger partial charge in [-0.05, 0) is 24.5 Å². The lowest BCUT2D eigenvalue weighted by atomic mass is 9.71.